The normalized spacial score (nSPS) is 22.1. The zero-order chi connectivity index (χ0) is 21.3. The number of nitrogens with zero attached hydrogens (tertiary/aromatic N) is 3. The maximum absolute atomic E-state index is 12.3. The van der Waals surface area contributed by atoms with Gasteiger partial charge in [0, 0.05) is 22.9 Å². The maximum atomic E-state index is 12.3. The molecule has 158 valence electrons. The minimum absolute atomic E-state index is 0.0682. The van der Waals surface area contributed by atoms with Crippen LogP contribution in [0.5, 0.6) is 0 Å². The highest BCUT2D eigenvalue weighted by Crippen LogP contribution is 2.27. The highest BCUT2D eigenvalue weighted by molar-refractivity contribution is 5.89. The summed E-state index contributed by atoms with van der Waals surface area (Å²) >= 11 is 0. The number of ether oxygens (including phenoxy) is 3. The lowest BCUT2D eigenvalue weighted by Crippen LogP contribution is -2.52. The molecule has 1 N–H and O–H groups in total. The molecule has 0 radical (unpaired) electrons. The van der Waals surface area contributed by atoms with Gasteiger partial charge in [0.25, 0.3) is 0 Å². The molecule has 1 amide bonds. The second-order valence-electron chi connectivity index (χ2n) is 7.60. The summed E-state index contributed by atoms with van der Waals surface area (Å²) < 4.78 is 16.5. The van der Waals surface area contributed by atoms with Gasteiger partial charge in [0.05, 0.1) is 24.9 Å². The van der Waals surface area contributed by atoms with E-state index in [0.717, 1.165) is 12.8 Å². The van der Waals surface area contributed by atoms with Crippen LogP contribution in [-0.2, 0) is 19.0 Å². The van der Waals surface area contributed by atoms with Gasteiger partial charge in [-0.05, 0) is 52.1 Å². The Morgan fingerprint density at radius 3 is 2.46 bits per heavy atom. The van der Waals surface area contributed by atoms with Crippen molar-refractivity contribution < 1.29 is 23.8 Å². The van der Waals surface area contributed by atoms with Gasteiger partial charge in [-0.1, -0.05) is 19.0 Å². The number of azide groups is 1. The number of nitrogens with one attached hydrogen (secondary N) is 1. The van der Waals surface area contributed by atoms with Gasteiger partial charge in [-0.15, -0.1) is 0 Å². The van der Waals surface area contributed by atoms with Crippen LogP contribution in [0.4, 0.5) is 4.79 Å². The fourth-order valence-electron chi connectivity index (χ4n) is 2.95. The second-order valence-corrected chi connectivity index (χ2v) is 7.60. The SMILES string of the molecule is CCOC(=O)C1=C[C@@H](OC(CC)CC)[C@H](N=[N+]=[N-])[C@@H](NC(=O)OC(C)(C)C)C1. The monoisotopic (exact) mass is 396 g/mol. The van der Waals surface area contributed by atoms with Gasteiger partial charge >= 0.3 is 12.1 Å². The molecule has 0 unspecified atom stereocenters. The highest BCUT2D eigenvalue weighted by atomic mass is 16.6. The van der Waals surface area contributed by atoms with Crippen LogP contribution in [-0.4, -0.2) is 48.6 Å². The van der Waals surface area contributed by atoms with Crippen LogP contribution in [0.3, 0.4) is 0 Å². The Hall–Kier alpha value is -2.25. The number of esters is 1. The third kappa shape index (κ3) is 7.40. The van der Waals surface area contributed by atoms with Crippen molar-refractivity contribution in [3.05, 3.63) is 22.1 Å². The molecule has 9 heteroatoms. The first-order chi connectivity index (χ1) is 13.1. The van der Waals surface area contributed by atoms with Crippen molar-refractivity contribution >= 4 is 12.1 Å². The van der Waals surface area contributed by atoms with Gasteiger partial charge in [-0.25, -0.2) is 9.59 Å². The van der Waals surface area contributed by atoms with Gasteiger partial charge in [0.2, 0.25) is 0 Å². The van der Waals surface area contributed by atoms with E-state index in [1.54, 1.807) is 33.8 Å². The van der Waals surface area contributed by atoms with Crippen molar-refractivity contribution in [2.45, 2.75) is 90.7 Å². The van der Waals surface area contributed by atoms with Gasteiger partial charge in [-0.3, -0.25) is 0 Å². The first kappa shape index (κ1) is 23.8. The van der Waals surface area contributed by atoms with Gasteiger partial charge < -0.3 is 19.5 Å². The summed E-state index contributed by atoms with van der Waals surface area (Å²) in [6.45, 7) is 11.2. The Labute approximate surface area is 166 Å². The lowest BCUT2D eigenvalue weighted by molar-refractivity contribution is -0.139. The summed E-state index contributed by atoms with van der Waals surface area (Å²) in [5, 5.41) is 6.57. The number of hydrogen-bond donors (Lipinski definition) is 1. The fourth-order valence-corrected chi connectivity index (χ4v) is 2.95. The van der Waals surface area contributed by atoms with Crippen molar-refractivity contribution in [2.75, 3.05) is 6.61 Å². The zero-order valence-corrected chi connectivity index (χ0v) is 17.6. The third-order valence-corrected chi connectivity index (χ3v) is 4.24. The molecule has 0 saturated carbocycles. The summed E-state index contributed by atoms with van der Waals surface area (Å²) in [5.41, 5.74) is 8.72. The predicted octanol–water partition coefficient (Wildman–Crippen LogP) is 4.03. The molecular formula is C19H32N4O5. The van der Waals surface area contributed by atoms with Gasteiger partial charge in [-0.2, -0.15) is 0 Å². The largest absolute Gasteiger partial charge is 0.463 e. The molecule has 28 heavy (non-hydrogen) atoms. The second kappa shape index (κ2) is 10.9. The van der Waals surface area contributed by atoms with Crippen LogP contribution in [0.1, 0.15) is 60.8 Å². The van der Waals surface area contributed by atoms with Crippen LogP contribution in [0.15, 0.2) is 16.8 Å². The molecule has 0 heterocycles. The molecule has 1 rings (SSSR count). The van der Waals surface area contributed by atoms with Crippen molar-refractivity contribution in [1.82, 2.24) is 5.32 Å². The average Bonchev–Trinajstić information content (AvgIpc) is 2.60. The Kier molecular flexibility index (Phi) is 9.28. The van der Waals surface area contributed by atoms with E-state index in [9.17, 15) is 9.59 Å². The summed E-state index contributed by atoms with van der Waals surface area (Å²) in [5.74, 6) is -0.476. The molecule has 1 aliphatic carbocycles. The van der Waals surface area contributed by atoms with E-state index in [0.29, 0.717) is 5.57 Å². The minimum atomic E-state index is -0.712. The molecule has 0 aromatic heterocycles. The lowest BCUT2D eigenvalue weighted by atomic mass is 9.88. The molecule has 0 bridgehead atoms. The average molecular weight is 396 g/mol. The van der Waals surface area contributed by atoms with Gasteiger partial charge in [0.15, 0.2) is 0 Å². The molecule has 0 saturated heterocycles. The number of carbonyl (C=O) groups excluding carboxylic acids is 2. The topological polar surface area (TPSA) is 123 Å². The van der Waals surface area contributed by atoms with E-state index in [1.165, 1.54) is 0 Å². The van der Waals surface area contributed by atoms with E-state index >= 15 is 0 Å². The Morgan fingerprint density at radius 1 is 1.32 bits per heavy atom. The summed E-state index contributed by atoms with van der Waals surface area (Å²) in [6, 6.07) is -1.37. The maximum Gasteiger partial charge on any atom is 0.407 e. The van der Waals surface area contributed by atoms with Crippen molar-refractivity contribution in [3.63, 3.8) is 0 Å². The number of rotatable bonds is 8. The first-order valence-corrected chi connectivity index (χ1v) is 9.72. The number of alkyl carbamates (subject to hydrolysis) is 1. The summed E-state index contributed by atoms with van der Waals surface area (Å²) in [6.07, 6.45) is 1.95. The molecule has 0 aliphatic heterocycles. The molecule has 0 fully saturated rings. The highest BCUT2D eigenvalue weighted by Gasteiger charge is 2.38. The van der Waals surface area contributed by atoms with Crippen molar-refractivity contribution in [3.8, 4) is 0 Å². The third-order valence-electron chi connectivity index (χ3n) is 4.24. The fraction of sp³-hybridized carbons (Fsp3) is 0.789. The van der Waals surface area contributed by atoms with Gasteiger partial charge in [0.1, 0.15) is 5.60 Å². The van der Waals surface area contributed by atoms with Crippen LogP contribution in [0.2, 0.25) is 0 Å². The quantitative estimate of drug-likeness (QED) is 0.287. The molecule has 0 aromatic carbocycles. The van der Waals surface area contributed by atoms with E-state index in [2.05, 4.69) is 15.3 Å². The van der Waals surface area contributed by atoms with E-state index in [4.69, 9.17) is 19.7 Å². The zero-order valence-electron chi connectivity index (χ0n) is 17.6. The van der Waals surface area contributed by atoms with Crippen LogP contribution in [0, 0.1) is 0 Å². The standard InChI is InChI=1S/C19H32N4O5/c1-7-13(8-2)27-15-11-12(17(24)26-9-3)10-14(16(15)22-23-20)21-18(25)28-19(4,5)6/h11,13-16H,7-10H2,1-6H3,(H,21,25)/t14-,15+,16+/m0/s1. The van der Waals surface area contributed by atoms with E-state index < -0.39 is 35.9 Å². The Balaban J connectivity index is 3.17. The van der Waals surface area contributed by atoms with Crippen molar-refractivity contribution in [1.29, 1.82) is 0 Å². The number of amides is 1. The van der Waals surface area contributed by atoms with E-state index in [-0.39, 0.29) is 19.1 Å². The van der Waals surface area contributed by atoms with Crippen LogP contribution in [0.25, 0.3) is 10.4 Å². The lowest BCUT2D eigenvalue weighted by Gasteiger charge is -2.36. The molecule has 9 nitrogen and oxygen atoms in total. The van der Waals surface area contributed by atoms with E-state index in [1.807, 2.05) is 13.8 Å². The molecule has 0 spiro atoms. The number of carbonyl (C=O) groups is 2. The van der Waals surface area contributed by atoms with Crippen LogP contribution >= 0.6 is 0 Å². The smallest absolute Gasteiger partial charge is 0.407 e. The first-order valence-electron chi connectivity index (χ1n) is 9.72. The van der Waals surface area contributed by atoms with Crippen molar-refractivity contribution in [2.24, 2.45) is 5.11 Å². The summed E-state index contributed by atoms with van der Waals surface area (Å²) in [4.78, 5) is 27.5. The molecule has 0 aromatic rings. The molecule has 3 atom stereocenters. The Morgan fingerprint density at radius 2 is 1.96 bits per heavy atom. The summed E-state index contributed by atoms with van der Waals surface area (Å²) in [7, 11) is 0. The predicted molar refractivity (Wildman–Crippen MR) is 105 cm³/mol. The molecular weight excluding hydrogens is 364 g/mol. The minimum Gasteiger partial charge on any atom is -0.463 e. The molecule has 1 aliphatic rings. The van der Waals surface area contributed by atoms with Crippen LogP contribution < -0.4 is 5.32 Å². The number of hydrogen-bond acceptors (Lipinski definition) is 6. The Bertz CT molecular complexity index is 618.